The number of hydrogen-bond donors (Lipinski definition) is 0. The van der Waals surface area contributed by atoms with Gasteiger partial charge in [0.2, 0.25) is 0 Å². The zero-order valence-electron chi connectivity index (χ0n) is 9.64. The first kappa shape index (κ1) is 12.8. The summed E-state index contributed by atoms with van der Waals surface area (Å²) in [5, 5.41) is 0. The first-order valence-corrected chi connectivity index (χ1v) is 8.60. The summed E-state index contributed by atoms with van der Waals surface area (Å²) in [5.41, 5.74) is 1.36. The van der Waals surface area contributed by atoms with Crippen molar-refractivity contribution in [1.82, 2.24) is 0 Å². The normalized spacial score (nSPS) is 10.7. The molecule has 1 aromatic rings. The third-order valence-electron chi connectivity index (χ3n) is 2.14. The fraction of sp³-hybridized carbons (Fsp3) is 0.500. The fourth-order valence-electron chi connectivity index (χ4n) is 1.41. The van der Waals surface area contributed by atoms with E-state index in [9.17, 15) is 0 Å². The van der Waals surface area contributed by atoms with Crippen molar-refractivity contribution in [3.63, 3.8) is 0 Å². The smallest absolute Gasteiger partial charge is 0.274 e. The molecular formula is C12H18BrOSi. The number of halogens is 1. The van der Waals surface area contributed by atoms with Crippen LogP contribution in [0, 0.1) is 0 Å². The van der Waals surface area contributed by atoms with Gasteiger partial charge in [-0.1, -0.05) is 29.3 Å². The van der Waals surface area contributed by atoms with E-state index in [2.05, 4.69) is 48.1 Å². The number of unbranched alkanes of at least 4 members (excludes halogenated alkanes) is 1. The summed E-state index contributed by atoms with van der Waals surface area (Å²) >= 11 is 3.58. The number of aryl methyl sites for hydroxylation is 1. The van der Waals surface area contributed by atoms with Crippen LogP contribution < -0.4 is 4.43 Å². The van der Waals surface area contributed by atoms with Crippen LogP contribution in [0.1, 0.15) is 25.3 Å². The lowest BCUT2D eigenvalue weighted by atomic mass is 10.1. The van der Waals surface area contributed by atoms with Crippen LogP contribution in [0.15, 0.2) is 22.7 Å². The summed E-state index contributed by atoms with van der Waals surface area (Å²) < 4.78 is 6.97. The van der Waals surface area contributed by atoms with Crippen LogP contribution in [0.3, 0.4) is 0 Å². The summed E-state index contributed by atoms with van der Waals surface area (Å²) in [6, 6.07) is 6.29. The van der Waals surface area contributed by atoms with E-state index in [-0.39, 0.29) is 0 Å². The van der Waals surface area contributed by atoms with Gasteiger partial charge in [-0.2, -0.15) is 0 Å². The second-order valence-corrected chi connectivity index (χ2v) is 6.74. The average Bonchev–Trinajstić information content (AvgIpc) is 2.18. The van der Waals surface area contributed by atoms with E-state index in [1.165, 1.54) is 22.9 Å². The van der Waals surface area contributed by atoms with Crippen LogP contribution in [0.4, 0.5) is 0 Å². The topological polar surface area (TPSA) is 9.23 Å². The van der Waals surface area contributed by atoms with Crippen molar-refractivity contribution in [3.05, 3.63) is 28.2 Å². The minimum Gasteiger partial charge on any atom is -0.543 e. The highest BCUT2D eigenvalue weighted by Gasteiger charge is 2.04. The Morgan fingerprint density at radius 1 is 1.33 bits per heavy atom. The lowest BCUT2D eigenvalue weighted by molar-refractivity contribution is 0.579. The van der Waals surface area contributed by atoms with Crippen LogP contribution >= 0.6 is 15.9 Å². The third-order valence-corrected chi connectivity index (χ3v) is 3.56. The van der Waals surface area contributed by atoms with Gasteiger partial charge < -0.3 is 4.43 Å². The van der Waals surface area contributed by atoms with Gasteiger partial charge in [0.1, 0.15) is 5.75 Å². The molecule has 15 heavy (non-hydrogen) atoms. The van der Waals surface area contributed by atoms with Crippen LogP contribution in [0.2, 0.25) is 13.1 Å². The molecule has 0 N–H and O–H groups in total. The molecule has 0 aliphatic heterocycles. The molecule has 0 saturated carbocycles. The molecule has 0 saturated heterocycles. The maximum absolute atomic E-state index is 5.77. The van der Waals surface area contributed by atoms with Gasteiger partial charge in [0, 0.05) is 4.47 Å². The Morgan fingerprint density at radius 2 is 2.07 bits per heavy atom. The zero-order valence-corrected chi connectivity index (χ0v) is 12.2. The van der Waals surface area contributed by atoms with E-state index >= 15 is 0 Å². The van der Waals surface area contributed by atoms with Crippen molar-refractivity contribution in [3.8, 4) is 5.75 Å². The van der Waals surface area contributed by atoms with Crippen LogP contribution in [0.5, 0.6) is 5.75 Å². The lowest BCUT2D eigenvalue weighted by Crippen LogP contribution is -2.11. The molecule has 3 heteroatoms. The maximum Gasteiger partial charge on any atom is 0.274 e. The van der Waals surface area contributed by atoms with Gasteiger partial charge in [-0.05, 0) is 49.7 Å². The monoisotopic (exact) mass is 285 g/mol. The standard InChI is InChI=1S/C12H18BrOSi/c1-4-5-6-10-9-11(14-15(2)3)7-8-12(10)13/h7-9H,4-6H2,1-3H3. The predicted molar refractivity (Wildman–Crippen MR) is 70.9 cm³/mol. The number of benzene rings is 1. The van der Waals surface area contributed by atoms with E-state index in [0.717, 1.165) is 12.2 Å². The summed E-state index contributed by atoms with van der Waals surface area (Å²) in [5.74, 6) is 1.02. The third kappa shape index (κ3) is 4.39. The van der Waals surface area contributed by atoms with Crippen molar-refractivity contribution in [2.45, 2.75) is 39.3 Å². The second-order valence-electron chi connectivity index (χ2n) is 3.87. The molecule has 1 radical (unpaired) electrons. The van der Waals surface area contributed by atoms with Gasteiger partial charge in [-0.3, -0.25) is 0 Å². The summed E-state index contributed by atoms with van der Waals surface area (Å²) in [4.78, 5) is 0. The Labute approximate surface area is 103 Å². The zero-order chi connectivity index (χ0) is 11.3. The molecule has 1 rings (SSSR count). The van der Waals surface area contributed by atoms with E-state index in [0.29, 0.717) is 0 Å². The highest BCUT2D eigenvalue weighted by Crippen LogP contribution is 2.24. The highest BCUT2D eigenvalue weighted by atomic mass is 79.9. The summed E-state index contributed by atoms with van der Waals surface area (Å²) in [6.07, 6.45) is 3.59. The van der Waals surface area contributed by atoms with Crippen molar-refractivity contribution < 1.29 is 4.43 Å². The Hall–Kier alpha value is -0.283. The molecule has 1 nitrogen and oxygen atoms in total. The SMILES string of the molecule is CCCCc1cc(O[Si](C)C)ccc1Br. The molecule has 0 fully saturated rings. The largest absolute Gasteiger partial charge is 0.543 e. The van der Waals surface area contributed by atoms with Crippen LogP contribution in [-0.4, -0.2) is 9.04 Å². The molecule has 83 valence electrons. The molecule has 0 heterocycles. The lowest BCUT2D eigenvalue weighted by Gasteiger charge is -2.11. The van der Waals surface area contributed by atoms with Gasteiger partial charge >= 0.3 is 0 Å². The minimum atomic E-state index is -0.651. The molecule has 0 bridgehead atoms. The molecule has 1 aromatic carbocycles. The Balaban J connectivity index is 2.75. The Kier molecular flexibility index (Phi) is 5.40. The van der Waals surface area contributed by atoms with Crippen molar-refractivity contribution in [1.29, 1.82) is 0 Å². The second kappa shape index (κ2) is 6.33. The van der Waals surface area contributed by atoms with Crippen molar-refractivity contribution >= 4 is 25.0 Å². The molecule has 0 amide bonds. The van der Waals surface area contributed by atoms with Gasteiger partial charge in [0.25, 0.3) is 9.04 Å². The minimum absolute atomic E-state index is 0.651. The van der Waals surface area contributed by atoms with E-state index in [1.54, 1.807) is 0 Å². The molecule has 0 aromatic heterocycles. The molecule has 0 atom stereocenters. The maximum atomic E-state index is 5.77. The number of rotatable bonds is 5. The van der Waals surface area contributed by atoms with Gasteiger partial charge in [-0.25, -0.2) is 0 Å². The van der Waals surface area contributed by atoms with E-state index in [1.807, 2.05) is 6.07 Å². The van der Waals surface area contributed by atoms with E-state index in [4.69, 9.17) is 4.43 Å². The van der Waals surface area contributed by atoms with E-state index < -0.39 is 9.04 Å². The predicted octanol–water partition coefficient (Wildman–Crippen LogP) is 4.42. The van der Waals surface area contributed by atoms with Crippen LogP contribution in [-0.2, 0) is 6.42 Å². The summed E-state index contributed by atoms with van der Waals surface area (Å²) in [6.45, 7) is 6.52. The van der Waals surface area contributed by atoms with Crippen molar-refractivity contribution in [2.75, 3.05) is 0 Å². The highest BCUT2D eigenvalue weighted by molar-refractivity contribution is 9.10. The molecule has 0 unspecified atom stereocenters. The van der Waals surface area contributed by atoms with Crippen molar-refractivity contribution in [2.24, 2.45) is 0 Å². The fourth-order valence-corrected chi connectivity index (χ4v) is 2.45. The Bertz CT molecular complexity index is 312. The molecular weight excluding hydrogens is 268 g/mol. The molecule has 0 aliphatic carbocycles. The Morgan fingerprint density at radius 3 is 2.67 bits per heavy atom. The van der Waals surface area contributed by atoms with Gasteiger partial charge in [0.15, 0.2) is 0 Å². The summed E-state index contributed by atoms with van der Waals surface area (Å²) in [7, 11) is -0.651. The first-order chi connectivity index (χ1) is 7.13. The molecule has 0 spiro atoms. The first-order valence-electron chi connectivity index (χ1n) is 5.40. The quantitative estimate of drug-likeness (QED) is 0.728. The van der Waals surface area contributed by atoms with Gasteiger partial charge in [0.05, 0.1) is 0 Å². The number of hydrogen-bond acceptors (Lipinski definition) is 1. The van der Waals surface area contributed by atoms with Crippen LogP contribution in [0.25, 0.3) is 0 Å². The molecule has 0 aliphatic rings. The van der Waals surface area contributed by atoms with Gasteiger partial charge in [-0.15, -0.1) is 0 Å². The average molecular weight is 286 g/mol.